The van der Waals surface area contributed by atoms with Gasteiger partial charge in [-0.3, -0.25) is 14.7 Å². The third-order valence-electron chi connectivity index (χ3n) is 6.85. The normalized spacial score (nSPS) is 32.2. The van der Waals surface area contributed by atoms with E-state index < -0.39 is 0 Å². The Balaban J connectivity index is 1.36. The topological polar surface area (TPSA) is 54.5 Å². The number of likely N-dealkylation sites (tertiary alicyclic amines) is 1. The largest absolute Gasteiger partial charge is 0.370 e. The Morgan fingerprint density at radius 1 is 1.48 bits per heavy atom. The number of nitrogens with one attached hydrogen (secondary N) is 1. The number of hydrogen-bond acceptors (Lipinski definition) is 4. The molecule has 0 radical (unpaired) electrons. The van der Waals surface area contributed by atoms with Gasteiger partial charge in [-0.05, 0) is 43.7 Å². The SMILES string of the molecule is Cc1ncccc1CN1C[C@@H]2[C@H](CNC(=O)CCC(C)C)[C@H]3CC[C@]2(C1)O3. The van der Waals surface area contributed by atoms with Crippen LogP contribution in [0, 0.1) is 24.7 Å². The van der Waals surface area contributed by atoms with Crippen LogP contribution in [0.4, 0.5) is 0 Å². The minimum atomic E-state index is 0.0219. The molecule has 148 valence electrons. The maximum Gasteiger partial charge on any atom is 0.220 e. The zero-order valence-electron chi connectivity index (χ0n) is 16.9. The first-order chi connectivity index (χ1) is 13.0. The Morgan fingerprint density at radius 2 is 2.33 bits per heavy atom. The standard InChI is InChI=1S/C22H33N3O2/c1-15(2)6-7-21(26)24-11-18-19-13-25(12-17-5-4-10-23-16(17)3)14-22(19)9-8-20(18)27-22/h4-5,10,15,18-20H,6-9,11-14H2,1-3H3,(H,24,26)/t18-,19+,20+,22+/m0/s1. The van der Waals surface area contributed by atoms with Crippen LogP contribution in [0.3, 0.4) is 0 Å². The molecular formula is C22H33N3O2. The monoisotopic (exact) mass is 371 g/mol. The second kappa shape index (κ2) is 7.51. The van der Waals surface area contributed by atoms with Crippen LogP contribution >= 0.6 is 0 Å². The van der Waals surface area contributed by atoms with Crippen molar-refractivity contribution >= 4 is 5.91 Å². The van der Waals surface area contributed by atoms with Crippen molar-refractivity contribution in [1.29, 1.82) is 0 Å². The first kappa shape index (κ1) is 18.9. The van der Waals surface area contributed by atoms with Gasteiger partial charge in [0.25, 0.3) is 0 Å². The van der Waals surface area contributed by atoms with E-state index >= 15 is 0 Å². The van der Waals surface area contributed by atoms with Crippen molar-refractivity contribution in [3.8, 4) is 0 Å². The predicted molar refractivity (Wildman–Crippen MR) is 105 cm³/mol. The molecule has 1 amide bonds. The highest BCUT2D eigenvalue weighted by molar-refractivity contribution is 5.75. The van der Waals surface area contributed by atoms with Gasteiger partial charge in [0.1, 0.15) is 0 Å². The number of rotatable bonds is 7. The maximum absolute atomic E-state index is 12.2. The minimum absolute atomic E-state index is 0.0219. The van der Waals surface area contributed by atoms with Gasteiger partial charge in [0, 0.05) is 56.3 Å². The molecule has 4 atom stereocenters. The molecule has 1 aromatic rings. The molecule has 4 heterocycles. The molecule has 1 spiro atoms. The average molecular weight is 372 g/mol. The molecule has 0 unspecified atom stereocenters. The fourth-order valence-electron chi connectivity index (χ4n) is 5.35. The van der Waals surface area contributed by atoms with Gasteiger partial charge < -0.3 is 10.1 Å². The fourth-order valence-corrected chi connectivity index (χ4v) is 5.35. The molecule has 1 aromatic heterocycles. The van der Waals surface area contributed by atoms with Crippen LogP contribution in [0.1, 0.15) is 50.8 Å². The van der Waals surface area contributed by atoms with E-state index in [9.17, 15) is 4.79 Å². The van der Waals surface area contributed by atoms with Crippen molar-refractivity contribution in [3.05, 3.63) is 29.6 Å². The summed E-state index contributed by atoms with van der Waals surface area (Å²) in [6, 6.07) is 4.20. The number of aromatic nitrogens is 1. The number of fused-ring (bicyclic) bond motifs is 1. The van der Waals surface area contributed by atoms with E-state index in [-0.39, 0.29) is 11.5 Å². The van der Waals surface area contributed by atoms with Crippen LogP contribution < -0.4 is 5.32 Å². The number of carbonyl (C=O) groups is 1. The van der Waals surface area contributed by atoms with Gasteiger partial charge in [-0.2, -0.15) is 0 Å². The number of carbonyl (C=O) groups excluding carboxylic acids is 1. The van der Waals surface area contributed by atoms with Crippen molar-refractivity contribution < 1.29 is 9.53 Å². The Morgan fingerprint density at radius 3 is 3.11 bits per heavy atom. The van der Waals surface area contributed by atoms with Gasteiger partial charge in [0.15, 0.2) is 0 Å². The quantitative estimate of drug-likeness (QED) is 0.801. The summed E-state index contributed by atoms with van der Waals surface area (Å²) in [4.78, 5) is 19.1. The van der Waals surface area contributed by atoms with Crippen molar-refractivity contribution in [2.75, 3.05) is 19.6 Å². The lowest BCUT2D eigenvalue weighted by Crippen LogP contribution is -2.41. The third kappa shape index (κ3) is 3.77. The Labute approximate surface area is 162 Å². The molecule has 3 saturated heterocycles. The number of hydrogen-bond donors (Lipinski definition) is 1. The molecule has 4 rings (SSSR count). The van der Waals surface area contributed by atoms with Crippen LogP contribution in [-0.2, 0) is 16.1 Å². The number of ether oxygens (including phenoxy) is 1. The molecule has 3 aliphatic heterocycles. The molecule has 0 saturated carbocycles. The van der Waals surface area contributed by atoms with Crippen LogP contribution in [-0.4, -0.2) is 47.1 Å². The summed E-state index contributed by atoms with van der Waals surface area (Å²) in [5.74, 6) is 1.77. The molecule has 5 nitrogen and oxygen atoms in total. The van der Waals surface area contributed by atoms with Gasteiger partial charge in [-0.15, -0.1) is 0 Å². The summed E-state index contributed by atoms with van der Waals surface area (Å²) < 4.78 is 6.52. The van der Waals surface area contributed by atoms with Gasteiger partial charge in [-0.25, -0.2) is 0 Å². The van der Waals surface area contributed by atoms with Gasteiger partial charge in [0.2, 0.25) is 5.91 Å². The van der Waals surface area contributed by atoms with E-state index in [1.807, 2.05) is 12.3 Å². The predicted octanol–water partition coefficient (Wildman–Crippen LogP) is 2.92. The summed E-state index contributed by atoms with van der Waals surface area (Å²) in [6.45, 7) is 10.2. The van der Waals surface area contributed by atoms with Crippen molar-refractivity contribution in [3.63, 3.8) is 0 Å². The number of amides is 1. The van der Waals surface area contributed by atoms with E-state index in [4.69, 9.17) is 4.74 Å². The van der Waals surface area contributed by atoms with Gasteiger partial charge >= 0.3 is 0 Å². The van der Waals surface area contributed by atoms with Crippen LogP contribution in [0.5, 0.6) is 0 Å². The highest BCUT2D eigenvalue weighted by atomic mass is 16.5. The zero-order chi connectivity index (χ0) is 19.0. The van der Waals surface area contributed by atoms with E-state index in [0.29, 0.717) is 30.3 Å². The second-order valence-corrected chi connectivity index (χ2v) is 9.18. The smallest absolute Gasteiger partial charge is 0.220 e. The summed E-state index contributed by atoms with van der Waals surface area (Å²) in [7, 11) is 0. The molecule has 3 fully saturated rings. The average Bonchev–Trinajstić information content (AvgIpc) is 3.28. The lowest BCUT2D eigenvalue weighted by Gasteiger charge is -2.29. The second-order valence-electron chi connectivity index (χ2n) is 9.18. The highest BCUT2D eigenvalue weighted by Gasteiger charge is 2.62. The van der Waals surface area contributed by atoms with E-state index in [1.54, 1.807) is 0 Å². The lowest BCUT2D eigenvalue weighted by molar-refractivity contribution is -0.121. The van der Waals surface area contributed by atoms with Crippen molar-refractivity contribution in [2.45, 2.75) is 64.7 Å². The lowest BCUT2D eigenvalue weighted by atomic mass is 9.73. The van der Waals surface area contributed by atoms with E-state index in [0.717, 1.165) is 44.7 Å². The first-order valence-electron chi connectivity index (χ1n) is 10.5. The molecule has 3 aliphatic rings. The van der Waals surface area contributed by atoms with E-state index in [2.05, 4.69) is 42.0 Å². The molecule has 27 heavy (non-hydrogen) atoms. The Bertz CT molecular complexity index is 692. The molecule has 1 N–H and O–H groups in total. The zero-order valence-corrected chi connectivity index (χ0v) is 16.9. The summed E-state index contributed by atoms with van der Waals surface area (Å²) >= 11 is 0. The molecule has 0 aromatic carbocycles. The fraction of sp³-hybridized carbons (Fsp3) is 0.727. The molecule has 5 heteroatoms. The van der Waals surface area contributed by atoms with Crippen LogP contribution in [0.2, 0.25) is 0 Å². The van der Waals surface area contributed by atoms with Crippen molar-refractivity contribution in [2.24, 2.45) is 17.8 Å². The maximum atomic E-state index is 12.2. The number of aryl methyl sites for hydroxylation is 1. The highest BCUT2D eigenvalue weighted by Crippen LogP contribution is 2.54. The van der Waals surface area contributed by atoms with Crippen LogP contribution in [0.15, 0.2) is 18.3 Å². The summed E-state index contributed by atoms with van der Waals surface area (Å²) in [5, 5.41) is 3.20. The summed E-state index contributed by atoms with van der Waals surface area (Å²) in [5.41, 5.74) is 2.45. The third-order valence-corrected chi connectivity index (χ3v) is 6.85. The van der Waals surface area contributed by atoms with Gasteiger partial charge in [-0.1, -0.05) is 19.9 Å². The molecular weight excluding hydrogens is 338 g/mol. The van der Waals surface area contributed by atoms with Crippen LogP contribution in [0.25, 0.3) is 0 Å². The molecule has 0 aliphatic carbocycles. The molecule has 2 bridgehead atoms. The Hall–Kier alpha value is -1.46. The van der Waals surface area contributed by atoms with Crippen molar-refractivity contribution in [1.82, 2.24) is 15.2 Å². The van der Waals surface area contributed by atoms with E-state index in [1.165, 1.54) is 12.0 Å². The summed E-state index contributed by atoms with van der Waals surface area (Å²) in [6.07, 6.45) is 6.10. The van der Waals surface area contributed by atoms with Gasteiger partial charge in [0.05, 0.1) is 11.7 Å². The first-order valence-corrected chi connectivity index (χ1v) is 10.5. The Kier molecular flexibility index (Phi) is 5.26. The number of nitrogens with zero attached hydrogens (tertiary/aromatic N) is 2. The number of pyridine rings is 1. The minimum Gasteiger partial charge on any atom is -0.370 e.